The van der Waals surface area contributed by atoms with Gasteiger partial charge in [0.05, 0.1) is 4.90 Å². The smallest absolute Gasteiger partial charge is 0.254 e. The molecule has 2 aliphatic rings. The van der Waals surface area contributed by atoms with Gasteiger partial charge in [-0.2, -0.15) is 0 Å². The number of nitrogens with zero attached hydrogens (tertiary/aromatic N) is 2. The van der Waals surface area contributed by atoms with Gasteiger partial charge in [0.2, 0.25) is 0 Å². The zero-order valence-corrected chi connectivity index (χ0v) is 15.1. The molecule has 2 heterocycles. The van der Waals surface area contributed by atoms with Crippen LogP contribution in [0.25, 0.3) is 0 Å². The first kappa shape index (κ1) is 17.4. The highest BCUT2D eigenvalue weighted by molar-refractivity contribution is 7.90. The monoisotopic (exact) mass is 351 g/mol. The first-order valence-corrected chi connectivity index (χ1v) is 10.3. The van der Waals surface area contributed by atoms with Gasteiger partial charge >= 0.3 is 0 Å². The van der Waals surface area contributed by atoms with Crippen LogP contribution in [0.4, 0.5) is 0 Å². The lowest BCUT2D eigenvalue weighted by Gasteiger charge is -2.38. The van der Waals surface area contributed by atoms with Gasteiger partial charge in [0, 0.05) is 50.6 Å². The summed E-state index contributed by atoms with van der Waals surface area (Å²) in [7, 11) is -3.31. The summed E-state index contributed by atoms with van der Waals surface area (Å²) < 4.78 is 23.5. The lowest BCUT2D eigenvalue weighted by Crippen LogP contribution is -2.52. The van der Waals surface area contributed by atoms with Crippen molar-refractivity contribution >= 4 is 15.7 Å². The average molecular weight is 351 g/mol. The number of carbonyl (C=O) groups is 1. The van der Waals surface area contributed by atoms with Crippen molar-refractivity contribution in [1.29, 1.82) is 0 Å². The van der Waals surface area contributed by atoms with Crippen molar-refractivity contribution in [3.8, 4) is 0 Å². The number of benzene rings is 1. The van der Waals surface area contributed by atoms with Gasteiger partial charge in [0.15, 0.2) is 9.84 Å². The van der Waals surface area contributed by atoms with Crippen molar-refractivity contribution in [2.24, 2.45) is 0 Å². The maximum Gasteiger partial charge on any atom is 0.254 e. The van der Waals surface area contributed by atoms with Crippen molar-refractivity contribution in [3.05, 3.63) is 29.3 Å². The van der Waals surface area contributed by atoms with Crippen LogP contribution in [0.2, 0.25) is 0 Å². The number of sulfone groups is 1. The Hall–Kier alpha value is -1.44. The maximum atomic E-state index is 12.8. The Labute approximate surface area is 143 Å². The van der Waals surface area contributed by atoms with Gasteiger partial charge in [-0.25, -0.2) is 8.42 Å². The highest BCUT2D eigenvalue weighted by Crippen LogP contribution is 2.19. The Bertz CT molecular complexity index is 719. The Balaban J connectivity index is 1.71. The Morgan fingerprint density at radius 3 is 2.50 bits per heavy atom. The summed E-state index contributed by atoms with van der Waals surface area (Å²) in [6, 6.07) is 5.37. The first-order valence-electron chi connectivity index (χ1n) is 8.41. The predicted octanol–water partition coefficient (Wildman–Crippen LogP) is 0.518. The fraction of sp³-hybridized carbons (Fsp3) is 0.588. The van der Waals surface area contributed by atoms with Crippen molar-refractivity contribution in [2.75, 3.05) is 45.5 Å². The highest BCUT2D eigenvalue weighted by atomic mass is 32.2. The molecule has 0 bridgehead atoms. The van der Waals surface area contributed by atoms with E-state index in [4.69, 9.17) is 0 Å². The van der Waals surface area contributed by atoms with Gasteiger partial charge in [-0.3, -0.25) is 9.69 Å². The predicted molar refractivity (Wildman–Crippen MR) is 93.0 cm³/mol. The van der Waals surface area contributed by atoms with Crippen molar-refractivity contribution < 1.29 is 13.2 Å². The normalized spacial score (nSPS) is 22.8. The summed E-state index contributed by atoms with van der Waals surface area (Å²) in [5.74, 6) is -0.0674. The third-order valence-corrected chi connectivity index (χ3v) is 6.13. The second-order valence-corrected chi connectivity index (χ2v) is 8.74. The minimum Gasteiger partial charge on any atom is -0.336 e. The zero-order chi connectivity index (χ0) is 17.3. The molecule has 7 heteroatoms. The van der Waals surface area contributed by atoms with Gasteiger partial charge in [-0.15, -0.1) is 0 Å². The first-order chi connectivity index (χ1) is 11.4. The van der Waals surface area contributed by atoms with Gasteiger partial charge < -0.3 is 10.2 Å². The molecule has 1 aromatic rings. The molecule has 0 radical (unpaired) electrons. The van der Waals surface area contributed by atoms with E-state index in [1.807, 2.05) is 11.8 Å². The molecule has 3 rings (SSSR count). The molecule has 0 spiro atoms. The van der Waals surface area contributed by atoms with Crippen LogP contribution >= 0.6 is 0 Å². The Morgan fingerprint density at radius 1 is 1.21 bits per heavy atom. The number of hydrogen-bond acceptors (Lipinski definition) is 5. The summed E-state index contributed by atoms with van der Waals surface area (Å²) in [5, 5.41) is 3.38. The highest BCUT2D eigenvalue weighted by Gasteiger charge is 2.28. The van der Waals surface area contributed by atoms with Crippen LogP contribution in [-0.4, -0.2) is 75.7 Å². The molecule has 0 saturated carbocycles. The molecule has 24 heavy (non-hydrogen) atoms. The van der Waals surface area contributed by atoms with Crippen LogP contribution in [0.1, 0.15) is 22.3 Å². The number of amides is 1. The quantitative estimate of drug-likeness (QED) is 0.860. The molecule has 132 valence electrons. The third-order valence-electron chi connectivity index (χ3n) is 5.02. The number of carbonyl (C=O) groups excluding carboxylic acids is 1. The number of hydrogen-bond donors (Lipinski definition) is 1. The Kier molecular flexibility index (Phi) is 4.94. The molecule has 2 aliphatic heterocycles. The van der Waals surface area contributed by atoms with Crippen LogP contribution < -0.4 is 5.32 Å². The number of nitrogens with one attached hydrogen (secondary N) is 1. The molecule has 1 aromatic carbocycles. The van der Waals surface area contributed by atoms with Gasteiger partial charge in [-0.1, -0.05) is 6.07 Å². The van der Waals surface area contributed by atoms with Crippen LogP contribution in [0.3, 0.4) is 0 Å². The van der Waals surface area contributed by atoms with Crippen molar-refractivity contribution in [1.82, 2.24) is 15.1 Å². The number of aryl methyl sites for hydroxylation is 1. The number of piperazine rings is 1. The molecule has 1 amide bonds. The largest absolute Gasteiger partial charge is 0.336 e. The molecular formula is C17H25N3O3S. The molecule has 2 saturated heterocycles. The molecule has 2 fully saturated rings. The number of rotatable bonds is 3. The van der Waals surface area contributed by atoms with Crippen LogP contribution in [0.5, 0.6) is 0 Å². The molecule has 1 atom stereocenters. The molecule has 0 aliphatic carbocycles. The van der Waals surface area contributed by atoms with Gasteiger partial charge in [0.25, 0.3) is 5.91 Å². The minimum absolute atomic E-state index is 0.0674. The molecule has 1 unspecified atom stereocenters. The Morgan fingerprint density at radius 2 is 1.92 bits per heavy atom. The topological polar surface area (TPSA) is 69.7 Å². The van der Waals surface area contributed by atoms with E-state index in [0.29, 0.717) is 24.7 Å². The van der Waals surface area contributed by atoms with E-state index in [9.17, 15) is 13.2 Å². The lowest BCUT2D eigenvalue weighted by atomic mass is 10.1. The second kappa shape index (κ2) is 6.82. The van der Waals surface area contributed by atoms with Crippen molar-refractivity contribution in [3.63, 3.8) is 0 Å². The fourth-order valence-corrected chi connectivity index (χ4v) is 4.12. The average Bonchev–Trinajstić information content (AvgIpc) is 3.08. The zero-order valence-electron chi connectivity index (χ0n) is 14.3. The van der Waals surface area contributed by atoms with E-state index in [1.54, 1.807) is 12.1 Å². The van der Waals surface area contributed by atoms with Crippen LogP contribution in [0.15, 0.2) is 23.1 Å². The van der Waals surface area contributed by atoms with Gasteiger partial charge in [-0.05, 0) is 37.6 Å². The minimum atomic E-state index is -3.31. The molecule has 6 nitrogen and oxygen atoms in total. The van der Waals surface area contributed by atoms with E-state index in [-0.39, 0.29) is 10.8 Å². The van der Waals surface area contributed by atoms with E-state index in [2.05, 4.69) is 10.2 Å². The van der Waals surface area contributed by atoms with Crippen LogP contribution in [-0.2, 0) is 9.84 Å². The molecule has 0 aromatic heterocycles. The summed E-state index contributed by atoms with van der Waals surface area (Å²) in [5.41, 5.74) is 1.31. The van der Waals surface area contributed by atoms with E-state index >= 15 is 0 Å². The molecule has 1 N–H and O–H groups in total. The van der Waals surface area contributed by atoms with E-state index in [1.165, 1.54) is 18.7 Å². The lowest BCUT2D eigenvalue weighted by molar-refractivity contribution is 0.0583. The van der Waals surface area contributed by atoms with E-state index < -0.39 is 9.84 Å². The summed E-state index contributed by atoms with van der Waals surface area (Å²) in [4.78, 5) is 17.3. The maximum absolute atomic E-state index is 12.8. The second-order valence-electron chi connectivity index (χ2n) is 6.72. The standard InChI is InChI=1S/C17H25N3O3S/c1-13-3-4-15(24(2,22)23)11-16(13)17(21)20-9-7-19(8-10-20)14-5-6-18-12-14/h3-4,11,14,18H,5-10,12H2,1-2H3. The van der Waals surface area contributed by atoms with Crippen LogP contribution in [0, 0.1) is 6.92 Å². The van der Waals surface area contributed by atoms with Crippen molar-refractivity contribution in [2.45, 2.75) is 24.3 Å². The van der Waals surface area contributed by atoms with Gasteiger partial charge in [0.1, 0.15) is 0 Å². The van der Waals surface area contributed by atoms with E-state index in [0.717, 1.165) is 31.7 Å². The fourth-order valence-electron chi connectivity index (χ4n) is 3.47. The summed E-state index contributed by atoms with van der Waals surface area (Å²) in [6.45, 7) is 7.09. The molecular weight excluding hydrogens is 326 g/mol. The third kappa shape index (κ3) is 3.63. The summed E-state index contributed by atoms with van der Waals surface area (Å²) >= 11 is 0. The summed E-state index contributed by atoms with van der Waals surface area (Å²) in [6.07, 6.45) is 2.34. The SMILES string of the molecule is Cc1ccc(S(C)(=O)=O)cc1C(=O)N1CCN(C2CCNC2)CC1.